The fourth-order valence-electron chi connectivity index (χ4n) is 5.82. The molecule has 0 atom stereocenters. The van der Waals surface area contributed by atoms with Crippen LogP contribution in [0.3, 0.4) is 0 Å². The van der Waals surface area contributed by atoms with E-state index < -0.39 is 29.8 Å². The predicted octanol–water partition coefficient (Wildman–Crippen LogP) is 6.96. The maximum absolute atomic E-state index is 13.5. The number of nitrogens with zero attached hydrogens (tertiary/aromatic N) is 1. The van der Waals surface area contributed by atoms with Crippen LogP contribution in [-0.2, 0) is 29.3 Å². The Kier molecular flexibility index (Phi) is 14.6. The van der Waals surface area contributed by atoms with E-state index >= 15 is 0 Å². The van der Waals surface area contributed by atoms with Gasteiger partial charge in [-0.1, -0.05) is 45.0 Å². The van der Waals surface area contributed by atoms with Crippen molar-refractivity contribution in [3.05, 3.63) is 96.2 Å². The van der Waals surface area contributed by atoms with Gasteiger partial charge in [-0.2, -0.15) is 0 Å². The van der Waals surface area contributed by atoms with Crippen molar-refractivity contribution >= 4 is 69.1 Å². The number of hydrogen-bond donors (Lipinski definition) is 7. The van der Waals surface area contributed by atoms with Gasteiger partial charge in [0.25, 0.3) is 5.91 Å². The van der Waals surface area contributed by atoms with E-state index in [1.807, 2.05) is 45.0 Å². The minimum absolute atomic E-state index is 0.0601. The second-order valence-electron chi connectivity index (χ2n) is 14.2. The van der Waals surface area contributed by atoms with Gasteiger partial charge in [0.2, 0.25) is 10.0 Å². The second-order valence-corrected chi connectivity index (χ2v) is 17.2. The molecule has 4 aromatic carbocycles. The highest BCUT2D eigenvalue weighted by atomic mass is 32.2. The van der Waals surface area contributed by atoms with Gasteiger partial charge in [0, 0.05) is 41.3 Å². The smallest absolute Gasteiger partial charge is 0.469 e. The third kappa shape index (κ3) is 12.8. The zero-order chi connectivity index (χ0) is 43.7. The molecule has 0 bridgehead atoms. The van der Waals surface area contributed by atoms with E-state index in [9.17, 15) is 22.6 Å². The number of aromatic nitrogens is 1. The third-order valence-electron chi connectivity index (χ3n) is 8.53. The van der Waals surface area contributed by atoms with E-state index in [0.717, 1.165) is 11.8 Å². The Morgan fingerprint density at radius 2 is 1.53 bits per heavy atom. The molecule has 1 aromatic heterocycles. The highest BCUT2D eigenvalue weighted by Gasteiger charge is 2.23. The van der Waals surface area contributed by atoms with Crippen molar-refractivity contribution in [1.29, 1.82) is 0 Å². The van der Waals surface area contributed by atoms with Crippen LogP contribution in [0.25, 0.3) is 10.8 Å². The number of anilines is 5. The lowest BCUT2D eigenvalue weighted by Crippen LogP contribution is -2.28. The number of phosphoric ester groups is 1. The standard InChI is InChI=1S/C40H47N6O12PS/c1-40(2,3)25-21-32(37(55-5)33(22-25)46-60(6,52)53)45-39(48)44-31-13-14-34(29-10-8-7-9-28(29)31)58-27-15-16-41-36(24-27)43-26-11-12-30(35(23-26)54-4)38(47)42-17-18-56-19-20-57-59(49,50)51/h7-16,21-24,46H,17-20H2,1-6H3,(H,41,43)(H,42,47)(H2,44,45,48)(H2,49,50,51). The summed E-state index contributed by atoms with van der Waals surface area (Å²) in [6.45, 7) is 5.78. The molecule has 320 valence electrons. The number of pyridine rings is 1. The van der Waals surface area contributed by atoms with Crippen molar-refractivity contribution < 1.29 is 55.8 Å². The van der Waals surface area contributed by atoms with Crippen LogP contribution in [0.2, 0.25) is 0 Å². The number of hydrogen-bond acceptors (Lipinski definition) is 12. The van der Waals surface area contributed by atoms with Crippen molar-refractivity contribution in [2.45, 2.75) is 26.2 Å². The Morgan fingerprint density at radius 3 is 2.22 bits per heavy atom. The monoisotopic (exact) mass is 866 g/mol. The van der Waals surface area contributed by atoms with Crippen molar-refractivity contribution in [2.75, 3.05) is 67.5 Å². The van der Waals surface area contributed by atoms with Crippen LogP contribution in [0.4, 0.5) is 33.4 Å². The topological polar surface area (TPSA) is 245 Å². The van der Waals surface area contributed by atoms with Crippen LogP contribution in [0.15, 0.2) is 85.1 Å². The molecule has 0 unspecified atom stereocenters. The third-order valence-corrected chi connectivity index (χ3v) is 9.64. The van der Waals surface area contributed by atoms with Crippen LogP contribution >= 0.6 is 7.82 Å². The molecule has 18 nitrogen and oxygen atoms in total. The summed E-state index contributed by atoms with van der Waals surface area (Å²) in [5, 5.41) is 13.0. The van der Waals surface area contributed by atoms with Gasteiger partial charge in [0.15, 0.2) is 5.75 Å². The number of carbonyl (C=O) groups is 2. The van der Waals surface area contributed by atoms with Crippen LogP contribution < -0.4 is 40.2 Å². The maximum atomic E-state index is 13.5. The lowest BCUT2D eigenvalue weighted by atomic mass is 9.86. The molecule has 0 aliphatic heterocycles. The van der Waals surface area contributed by atoms with Crippen molar-refractivity contribution in [3.8, 4) is 23.0 Å². The number of rotatable bonds is 18. The highest BCUT2D eigenvalue weighted by Crippen LogP contribution is 2.40. The van der Waals surface area contributed by atoms with E-state index in [1.54, 1.807) is 60.8 Å². The van der Waals surface area contributed by atoms with Crippen LogP contribution in [0, 0.1) is 0 Å². The molecule has 20 heteroatoms. The summed E-state index contributed by atoms with van der Waals surface area (Å²) >= 11 is 0. The first-order valence-corrected chi connectivity index (χ1v) is 21.7. The fourth-order valence-corrected chi connectivity index (χ4v) is 6.68. The average Bonchev–Trinajstić information content (AvgIpc) is 3.17. The molecule has 5 rings (SSSR count). The molecule has 60 heavy (non-hydrogen) atoms. The van der Waals surface area contributed by atoms with Gasteiger partial charge >= 0.3 is 13.9 Å². The molecule has 0 saturated carbocycles. The SMILES string of the molecule is COc1cc(Nc2cc(Oc3ccc(NC(=O)Nc4cc(C(C)(C)C)cc(NS(C)(=O)=O)c4OC)c4ccccc34)ccn2)ccc1C(=O)NCCOCCOP(=O)(O)O. The summed E-state index contributed by atoms with van der Waals surface area (Å²) in [5.41, 5.74) is 2.17. The van der Waals surface area contributed by atoms with Gasteiger partial charge in [-0.25, -0.2) is 22.8 Å². The molecule has 0 saturated heterocycles. The molecule has 0 aliphatic rings. The van der Waals surface area contributed by atoms with Crippen molar-refractivity contribution in [3.63, 3.8) is 0 Å². The number of fused-ring (bicyclic) bond motifs is 1. The summed E-state index contributed by atoms with van der Waals surface area (Å²) in [7, 11) is -5.40. The first-order valence-electron chi connectivity index (χ1n) is 18.3. The molecule has 0 radical (unpaired) electrons. The summed E-state index contributed by atoms with van der Waals surface area (Å²) in [6.07, 6.45) is 2.61. The summed E-state index contributed by atoms with van der Waals surface area (Å²) < 4.78 is 64.4. The van der Waals surface area contributed by atoms with Gasteiger partial charge in [-0.15, -0.1) is 0 Å². The Hall–Kier alpha value is -5.95. The normalized spacial score (nSPS) is 11.7. The summed E-state index contributed by atoms with van der Waals surface area (Å²) in [4.78, 5) is 48.1. The van der Waals surface area contributed by atoms with E-state index in [4.69, 9.17) is 28.7 Å². The highest BCUT2D eigenvalue weighted by molar-refractivity contribution is 7.92. The predicted molar refractivity (Wildman–Crippen MR) is 228 cm³/mol. The number of sulfonamides is 1. The van der Waals surface area contributed by atoms with Crippen LogP contribution in [0.1, 0.15) is 36.7 Å². The van der Waals surface area contributed by atoms with Gasteiger partial charge in [-0.05, 0) is 53.4 Å². The lowest BCUT2D eigenvalue weighted by Gasteiger charge is -2.24. The number of benzene rings is 4. The molecule has 7 N–H and O–H groups in total. The Morgan fingerprint density at radius 1 is 0.817 bits per heavy atom. The quantitative estimate of drug-likeness (QED) is 0.0348. The zero-order valence-corrected chi connectivity index (χ0v) is 35.4. The number of nitrogens with one attached hydrogen (secondary N) is 5. The molecule has 0 aliphatic carbocycles. The summed E-state index contributed by atoms with van der Waals surface area (Å²) in [6, 6.07) is 21.9. The number of urea groups is 1. The second kappa shape index (κ2) is 19.4. The number of ether oxygens (including phenoxy) is 4. The van der Waals surface area contributed by atoms with Crippen LogP contribution in [0.5, 0.6) is 23.0 Å². The largest absolute Gasteiger partial charge is 0.496 e. The Labute approximate surface area is 347 Å². The molecule has 0 fully saturated rings. The fraction of sp³-hybridized carbons (Fsp3) is 0.275. The van der Waals surface area contributed by atoms with Gasteiger partial charge < -0.3 is 50.0 Å². The van der Waals surface area contributed by atoms with E-state index in [1.165, 1.54) is 14.2 Å². The number of amides is 3. The minimum atomic E-state index is -4.57. The molecule has 3 amide bonds. The first-order chi connectivity index (χ1) is 28.3. The summed E-state index contributed by atoms with van der Waals surface area (Å²) in [5.74, 6) is 1.42. The number of phosphoric acid groups is 1. The molecule has 1 heterocycles. The van der Waals surface area contributed by atoms with E-state index in [-0.39, 0.29) is 54.5 Å². The Balaban J connectivity index is 1.26. The van der Waals surface area contributed by atoms with E-state index in [0.29, 0.717) is 45.2 Å². The van der Waals surface area contributed by atoms with Gasteiger partial charge in [0.05, 0.1) is 62.9 Å². The van der Waals surface area contributed by atoms with Gasteiger partial charge in [0.1, 0.15) is 23.1 Å². The number of carbonyl (C=O) groups excluding carboxylic acids is 2. The molecule has 5 aromatic rings. The van der Waals surface area contributed by atoms with Crippen molar-refractivity contribution in [1.82, 2.24) is 10.3 Å². The first kappa shape index (κ1) is 45.1. The number of methoxy groups -OCH3 is 2. The maximum Gasteiger partial charge on any atom is 0.469 e. The van der Waals surface area contributed by atoms with Crippen LogP contribution in [-0.4, -0.2) is 82.0 Å². The minimum Gasteiger partial charge on any atom is -0.496 e. The zero-order valence-electron chi connectivity index (χ0n) is 33.7. The Bertz CT molecular complexity index is 2510. The van der Waals surface area contributed by atoms with Crippen molar-refractivity contribution in [2.24, 2.45) is 0 Å². The molecular formula is C40H47N6O12PS. The molecular weight excluding hydrogens is 820 g/mol. The van der Waals surface area contributed by atoms with Gasteiger partial charge in [-0.3, -0.25) is 14.0 Å². The average molecular weight is 867 g/mol. The molecule has 0 spiro atoms. The van der Waals surface area contributed by atoms with E-state index in [2.05, 4.69) is 35.5 Å². The lowest BCUT2D eigenvalue weighted by molar-refractivity contribution is 0.0807.